The molecule has 0 bridgehead atoms. The minimum atomic E-state index is -1.82. The highest BCUT2D eigenvalue weighted by Gasteiger charge is 2.22. The van der Waals surface area contributed by atoms with E-state index in [-0.39, 0.29) is 0 Å². The van der Waals surface area contributed by atoms with Crippen molar-refractivity contribution in [3.8, 4) is 0 Å². The van der Waals surface area contributed by atoms with E-state index < -0.39 is 11.9 Å². The van der Waals surface area contributed by atoms with Crippen LogP contribution in [0.1, 0.15) is 25.5 Å². The Bertz CT molecular complexity index is 2170. The Kier molecular flexibility index (Phi) is 19.8. The van der Waals surface area contributed by atoms with Crippen molar-refractivity contribution in [2.75, 3.05) is 116 Å². The molecule has 0 saturated carbocycles. The Balaban J connectivity index is 0.000000194. The van der Waals surface area contributed by atoms with E-state index in [0.717, 1.165) is 152 Å². The average molecular weight is 911 g/mol. The van der Waals surface area contributed by atoms with Crippen molar-refractivity contribution in [1.82, 2.24) is 68.6 Å². The maximum atomic E-state index is 9.10. The van der Waals surface area contributed by atoms with Crippen LogP contribution in [0.4, 0.5) is 11.9 Å². The third kappa shape index (κ3) is 15.4. The third-order valence-electron chi connectivity index (χ3n) is 10.9. The number of imidazole rings is 2. The normalized spacial score (nSPS) is 14.9. The molecule has 22 heteroatoms. The number of pyridine rings is 2. The molecule has 2 saturated heterocycles. The van der Waals surface area contributed by atoms with Gasteiger partial charge in [0, 0.05) is 142 Å². The summed E-state index contributed by atoms with van der Waals surface area (Å²) < 4.78 is 15.6. The van der Waals surface area contributed by atoms with Gasteiger partial charge in [-0.1, -0.05) is 0 Å². The minimum absolute atomic E-state index is 0.678. The molecule has 22 nitrogen and oxygen atoms in total. The Labute approximate surface area is 384 Å². The number of carboxylic acid groups (broad SMARTS) is 2. The molecule has 0 atom stereocenters. The summed E-state index contributed by atoms with van der Waals surface area (Å²) >= 11 is 0. The number of rotatable bonds is 20. The lowest BCUT2D eigenvalue weighted by Gasteiger charge is -2.34. The fraction of sp³-hybridized carbons (Fsp3) is 0.500. The SMILES string of the molecule is CCOCCn1c(CN2CCN(CCNc3ncccn3)CC2)nc2cccnc21.CCOCCn1c(CN2CCN(CCNc3ncccn3)CC2)nc2cccnc21.O=C(O)C(=O)O. The summed E-state index contributed by atoms with van der Waals surface area (Å²) in [5.41, 5.74) is 3.80. The molecule has 0 aromatic carbocycles. The molecular weight excluding hydrogens is 849 g/mol. The van der Waals surface area contributed by atoms with E-state index in [0.29, 0.717) is 25.1 Å². The maximum Gasteiger partial charge on any atom is 0.414 e. The molecule has 66 heavy (non-hydrogen) atoms. The van der Waals surface area contributed by atoms with Gasteiger partial charge in [0.15, 0.2) is 11.3 Å². The van der Waals surface area contributed by atoms with Crippen LogP contribution in [-0.2, 0) is 45.2 Å². The quantitative estimate of drug-likeness (QED) is 0.0633. The van der Waals surface area contributed by atoms with Crippen LogP contribution >= 0.6 is 0 Å². The van der Waals surface area contributed by atoms with Crippen molar-refractivity contribution in [2.45, 2.75) is 40.0 Å². The number of nitrogens with one attached hydrogen (secondary N) is 2. The summed E-state index contributed by atoms with van der Waals surface area (Å²) in [6, 6.07) is 11.6. The number of piperazine rings is 2. The Morgan fingerprint density at radius 2 is 0.894 bits per heavy atom. The second kappa shape index (κ2) is 26.6. The highest BCUT2D eigenvalue weighted by molar-refractivity contribution is 6.27. The lowest BCUT2D eigenvalue weighted by atomic mass is 10.3. The average Bonchev–Trinajstić information content (AvgIpc) is 3.87. The van der Waals surface area contributed by atoms with Gasteiger partial charge in [0.1, 0.15) is 22.7 Å². The molecule has 0 radical (unpaired) electrons. The lowest BCUT2D eigenvalue weighted by Crippen LogP contribution is -2.47. The van der Waals surface area contributed by atoms with Gasteiger partial charge in [0.2, 0.25) is 11.9 Å². The first kappa shape index (κ1) is 49.1. The highest BCUT2D eigenvalue weighted by atomic mass is 16.5. The number of ether oxygens (including phenoxy) is 2. The number of hydrogen-bond donors (Lipinski definition) is 4. The van der Waals surface area contributed by atoms with Crippen molar-refractivity contribution in [1.29, 1.82) is 0 Å². The van der Waals surface area contributed by atoms with Gasteiger partial charge in [-0.25, -0.2) is 49.5 Å². The molecule has 2 aliphatic heterocycles. The van der Waals surface area contributed by atoms with Crippen LogP contribution in [0.25, 0.3) is 22.3 Å². The van der Waals surface area contributed by atoms with E-state index in [1.54, 1.807) is 24.8 Å². The topological polar surface area (TPSA) is 243 Å². The molecule has 354 valence electrons. The summed E-state index contributed by atoms with van der Waals surface area (Å²) in [5.74, 6) is -0.129. The van der Waals surface area contributed by atoms with Gasteiger partial charge in [0.05, 0.1) is 26.3 Å². The van der Waals surface area contributed by atoms with Crippen molar-refractivity contribution in [3.63, 3.8) is 0 Å². The first-order chi connectivity index (χ1) is 32.3. The van der Waals surface area contributed by atoms with Crippen LogP contribution in [-0.4, -0.2) is 196 Å². The summed E-state index contributed by atoms with van der Waals surface area (Å²) in [4.78, 5) is 63.7. The number of aliphatic carboxylic acids is 2. The van der Waals surface area contributed by atoms with Gasteiger partial charge < -0.3 is 39.5 Å². The number of nitrogens with zero attached hydrogens (tertiary/aromatic N) is 14. The van der Waals surface area contributed by atoms with Crippen molar-refractivity contribution in [3.05, 3.63) is 85.2 Å². The molecule has 2 aliphatic rings. The maximum absolute atomic E-state index is 9.10. The molecule has 8 heterocycles. The van der Waals surface area contributed by atoms with Crippen LogP contribution in [0.5, 0.6) is 0 Å². The Morgan fingerprint density at radius 3 is 1.26 bits per heavy atom. The second-order valence-electron chi connectivity index (χ2n) is 15.3. The number of fused-ring (bicyclic) bond motifs is 2. The van der Waals surface area contributed by atoms with E-state index in [1.807, 2.05) is 62.6 Å². The highest BCUT2D eigenvalue weighted by Crippen LogP contribution is 2.18. The van der Waals surface area contributed by atoms with E-state index in [9.17, 15) is 0 Å². The van der Waals surface area contributed by atoms with E-state index >= 15 is 0 Å². The zero-order chi connectivity index (χ0) is 46.4. The molecule has 6 aromatic rings. The van der Waals surface area contributed by atoms with Crippen LogP contribution in [0.15, 0.2) is 73.6 Å². The molecule has 2 fully saturated rings. The fourth-order valence-corrected chi connectivity index (χ4v) is 7.50. The van der Waals surface area contributed by atoms with Crippen LogP contribution in [0.3, 0.4) is 0 Å². The zero-order valence-electron chi connectivity index (χ0n) is 37.9. The monoisotopic (exact) mass is 911 g/mol. The van der Waals surface area contributed by atoms with Gasteiger partial charge in [-0.15, -0.1) is 0 Å². The minimum Gasteiger partial charge on any atom is -0.473 e. The standard InChI is InChI=1S/2C21H30N8O.C2H2O4/c2*1-2-30-16-15-29-19(26-18-5-3-6-22-20(18)29)17-28-13-11-27(12-14-28)10-9-25-21-23-7-4-8-24-21;3-1(4)2(5)6/h2*3-8H,2,9-17H2,1H3,(H,23,24,25);(H,3,4)(H,5,6). The predicted octanol–water partition coefficient (Wildman–Crippen LogP) is 2.13. The van der Waals surface area contributed by atoms with E-state index in [2.05, 4.69) is 69.3 Å². The smallest absolute Gasteiger partial charge is 0.414 e. The lowest BCUT2D eigenvalue weighted by molar-refractivity contribution is -0.159. The summed E-state index contributed by atoms with van der Waals surface area (Å²) in [5, 5.41) is 21.3. The first-order valence-corrected chi connectivity index (χ1v) is 22.4. The molecule has 0 aliphatic carbocycles. The number of carbonyl (C=O) groups is 2. The van der Waals surface area contributed by atoms with Crippen LogP contribution in [0.2, 0.25) is 0 Å². The Morgan fingerprint density at radius 1 is 0.530 bits per heavy atom. The molecule has 0 unspecified atom stereocenters. The summed E-state index contributed by atoms with van der Waals surface area (Å²) in [6.07, 6.45) is 10.7. The van der Waals surface area contributed by atoms with Crippen LogP contribution in [0, 0.1) is 0 Å². The first-order valence-electron chi connectivity index (χ1n) is 22.4. The fourth-order valence-electron chi connectivity index (χ4n) is 7.50. The number of aromatic nitrogens is 10. The van der Waals surface area contributed by atoms with E-state index in [4.69, 9.17) is 39.2 Å². The van der Waals surface area contributed by atoms with Gasteiger partial charge in [-0.05, 0) is 50.2 Å². The van der Waals surface area contributed by atoms with Crippen molar-refractivity contribution in [2.24, 2.45) is 0 Å². The van der Waals surface area contributed by atoms with Gasteiger partial charge in [0.25, 0.3) is 0 Å². The molecule has 8 rings (SSSR count). The van der Waals surface area contributed by atoms with Crippen LogP contribution < -0.4 is 10.6 Å². The zero-order valence-corrected chi connectivity index (χ0v) is 37.9. The van der Waals surface area contributed by atoms with Gasteiger partial charge in [-0.3, -0.25) is 19.6 Å². The third-order valence-corrected chi connectivity index (χ3v) is 10.9. The predicted molar refractivity (Wildman–Crippen MR) is 248 cm³/mol. The number of anilines is 2. The molecule has 6 aromatic heterocycles. The number of hydrogen-bond acceptors (Lipinski definition) is 18. The Hall–Kier alpha value is -6.30. The number of carboxylic acids is 2. The molecule has 0 amide bonds. The van der Waals surface area contributed by atoms with Gasteiger partial charge in [-0.2, -0.15) is 0 Å². The van der Waals surface area contributed by atoms with Gasteiger partial charge >= 0.3 is 11.9 Å². The summed E-state index contributed by atoms with van der Waals surface area (Å²) in [7, 11) is 0. The molecule has 0 spiro atoms. The molecule has 4 N–H and O–H groups in total. The largest absolute Gasteiger partial charge is 0.473 e. The van der Waals surface area contributed by atoms with E-state index in [1.165, 1.54) is 0 Å². The summed E-state index contributed by atoms with van der Waals surface area (Å²) in [6.45, 7) is 22.1. The van der Waals surface area contributed by atoms with Crippen molar-refractivity contribution < 1.29 is 29.3 Å². The molecular formula is C44H62N16O6. The van der Waals surface area contributed by atoms with Crippen molar-refractivity contribution >= 4 is 46.2 Å². The second-order valence-corrected chi connectivity index (χ2v) is 15.3.